The third kappa shape index (κ3) is 7.36. The van der Waals surface area contributed by atoms with Crippen molar-refractivity contribution in [3.63, 3.8) is 0 Å². The van der Waals surface area contributed by atoms with Crippen molar-refractivity contribution in [2.45, 2.75) is 72.0 Å². The van der Waals surface area contributed by atoms with E-state index in [2.05, 4.69) is 26.1 Å². The third-order valence-corrected chi connectivity index (χ3v) is 5.52. The summed E-state index contributed by atoms with van der Waals surface area (Å²) in [6.07, 6.45) is 0.790. The molecular formula is C26H35FN2O3. The Morgan fingerprint density at radius 2 is 1.62 bits per heavy atom. The van der Waals surface area contributed by atoms with E-state index < -0.39 is 6.04 Å². The zero-order valence-corrected chi connectivity index (χ0v) is 19.9. The molecule has 6 heteroatoms. The fourth-order valence-electron chi connectivity index (χ4n) is 3.11. The van der Waals surface area contributed by atoms with Crippen LogP contribution in [0.2, 0.25) is 0 Å². The van der Waals surface area contributed by atoms with Crippen molar-refractivity contribution in [1.82, 2.24) is 10.2 Å². The van der Waals surface area contributed by atoms with E-state index in [1.165, 1.54) is 22.6 Å². The summed E-state index contributed by atoms with van der Waals surface area (Å²) in [5, 5.41) is 2.92. The van der Waals surface area contributed by atoms with Gasteiger partial charge < -0.3 is 15.0 Å². The monoisotopic (exact) mass is 442 g/mol. The predicted molar refractivity (Wildman–Crippen MR) is 125 cm³/mol. The van der Waals surface area contributed by atoms with Crippen molar-refractivity contribution >= 4 is 11.8 Å². The molecule has 0 aromatic heterocycles. The number of carbonyl (C=O) groups excluding carboxylic acids is 2. The Morgan fingerprint density at radius 3 is 2.16 bits per heavy atom. The molecule has 2 amide bonds. The van der Waals surface area contributed by atoms with Gasteiger partial charge in [-0.05, 0) is 61.1 Å². The summed E-state index contributed by atoms with van der Waals surface area (Å²) >= 11 is 0. The summed E-state index contributed by atoms with van der Waals surface area (Å²) in [4.78, 5) is 27.2. The van der Waals surface area contributed by atoms with E-state index in [1.54, 1.807) is 19.1 Å². The second-order valence-electron chi connectivity index (χ2n) is 9.21. The van der Waals surface area contributed by atoms with Crippen LogP contribution in [0.5, 0.6) is 5.75 Å². The van der Waals surface area contributed by atoms with Gasteiger partial charge in [-0.15, -0.1) is 0 Å². The van der Waals surface area contributed by atoms with Crippen LogP contribution < -0.4 is 10.1 Å². The molecule has 5 nitrogen and oxygen atoms in total. The summed E-state index contributed by atoms with van der Waals surface area (Å²) in [7, 11) is 0. The minimum Gasteiger partial charge on any atom is -0.484 e. The molecule has 174 valence electrons. The van der Waals surface area contributed by atoms with Crippen LogP contribution in [0.1, 0.15) is 59.1 Å². The van der Waals surface area contributed by atoms with Gasteiger partial charge in [-0.3, -0.25) is 9.59 Å². The van der Waals surface area contributed by atoms with Gasteiger partial charge >= 0.3 is 0 Å². The fraction of sp³-hybridized carbons (Fsp3) is 0.462. The van der Waals surface area contributed by atoms with Gasteiger partial charge in [0.15, 0.2) is 6.61 Å². The summed E-state index contributed by atoms with van der Waals surface area (Å²) < 4.78 is 19.0. The highest BCUT2D eigenvalue weighted by molar-refractivity contribution is 5.88. The molecule has 2 atom stereocenters. The maximum atomic E-state index is 13.3. The molecule has 2 aromatic carbocycles. The number of amides is 2. The van der Waals surface area contributed by atoms with Gasteiger partial charge in [-0.2, -0.15) is 0 Å². The lowest BCUT2D eigenvalue weighted by Crippen LogP contribution is -2.50. The lowest BCUT2D eigenvalue weighted by Gasteiger charge is -2.29. The number of nitrogens with zero attached hydrogens (tertiary/aromatic N) is 1. The standard InChI is InChI=1S/C26H35FN2O3/c1-7-18(2)28-25(31)19(3)29(16-20-8-12-22(27)13-9-20)24(30)17-32-23-14-10-21(11-15-23)26(4,5)6/h8-15,18-19H,7,16-17H2,1-6H3,(H,28,31)/t18-,19-/m0/s1. The Morgan fingerprint density at radius 1 is 1.03 bits per heavy atom. The molecule has 32 heavy (non-hydrogen) atoms. The molecule has 0 fully saturated rings. The fourth-order valence-corrected chi connectivity index (χ4v) is 3.11. The van der Waals surface area contributed by atoms with Crippen molar-refractivity contribution in [2.75, 3.05) is 6.61 Å². The smallest absolute Gasteiger partial charge is 0.261 e. The average Bonchev–Trinajstić information content (AvgIpc) is 2.76. The van der Waals surface area contributed by atoms with E-state index in [4.69, 9.17) is 4.74 Å². The highest BCUT2D eigenvalue weighted by Gasteiger charge is 2.27. The number of carbonyl (C=O) groups is 2. The van der Waals surface area contributed by atoms with Gasteiger partial charge in [0.1, 0.15) is 17.6 Å². The largest absolute Gasteiger partial charge is 0.484 e. The Bertz CT molecular complexity index is 889. The quantitative estimate of drug-likeness (QED) is 0.605. The van der Waals surface area contributed by atoms with Crippen LogP contribution in [0, 0.1) is 5.82 Å². The van der Waals surface area contributed by atoms with E-state index in [9.17, 15) is 14.0 Å². The molecule has 0 spiro atoms. The van der Waals surface area contributed by atoms with Crippen LogP contribution in [0.25, 0.3) is 0 Å². The third-order valence-electron chi connectivity index (χ3n) is 5.52. The number of benzene rings is 2. The minimum absolute atomic E-state index is 0.00491. The highest BCUT2D eigenvalue weighted by Crippen LogP contribution is 2.24. The van der Waals surface area contributed by atoms with Crippen molar-refractivity contribution in [3.05, 3.63) is 65.5 Å². The molecule has 2 aromatic rings. The summed E-state index contributed by atoms with van der Waals surface area (Å²) in [6.45, 7) is 12.0. The summed E-state index contributed by atoms with van der Waals surface area (Å²) in [5.74, 6) is -0.314. The second kappa shape index (κ2) is 11.1. The molecule has 0 bridgehead atoms. The average molecular weight is 443 g/mol. The zero-order valence-electron chi connectivity index (χ0n) is 19.9. The molecule has 1 N–H and O–H groups in total. The lowest BCUT2D eigenvalue weighted by atomic mass is 9.87. The van der Waals surface area contributed by atoms with E-state index in [0.717, 1.165) is 12.0 Å². The Labute approximate surface area is 191 Å². The van der Waals surface area contributed by atoms with Crippen molar-refractivity contribution in [2.24, 2.45) is 0 Å². The first-order chi connectivity index (χ1) is 15.0. The normalized spacial score (nSPS) is 13.2. The Kier molecular flexibility index (Phi) is 8.81. The van der Waals surface area contributed by atoms with Crippen molar-refractivity contribution in [3.8, 4) is 5.75 Å². The van der Waals surface area contributed by atoms with Gasteiger partial charge in [0, 0.05) is 12.6 Å². The van der Waals surface area contributed by atoms with Gasteiger partial charge in [-0.25, -0.2) is 4.39 Å². The first-order valence-electron chi connectivity index (χ1n) is 11.1. The van der Waals surface area contributed by atoms with Crippen molar-refractivity contribution < 1.29 is 18.7 Å². The second-order valence-corrected chi connectivity index (χ2v) is 9.21. The number of hydrogen-bond donors (Lipinski definition) is 1. The Balaban J connectivity index is 2.13. The maximum absolute atomic E-state index is 13.3. The number of rotatable bonds is 9. The number of hydrogen-bond acceptors (Lipinski definition) is 3. The zero-order chi connectivity index (χ0) is 23.9. The number of halogens is 1. The minimum atomic E-state index is -0.701. The molecular weight excluding hydrogens is 407 g/mol. The van der Waals surface area contributed by atoms with Crippen molar-refractivity contribution in [1.29, 1.82) is 0 Å². The first kappa shape index (κ1) is 25.4. The van der Waals surface area contributed by atoms with E-state index in [0.29, 0.717) is 5.75 Å². The van der Waals surface area contributed by atoms with Gasteiger partial charge in [-0.1, -0.05) is 52.0 Å². The van der Waals surface area contributed by atoms with Crippen LogP contribution in [-0.2, 0) is 21.5 Å². The Hall–Kier alpha value is -2.89. The molecule has 0 aliphatic heterocycles. The van der Waals surface area contributed by atoms with Gasteiger partial charge in [0.2, 0.25) is 5.91 Å². The molecule has 0 heterocycles. The van der Waals surface area contributed by atoms with Gasteiger partial charge in [0.05, 0.1) is 0 Å². The van der Waals surface area contributed by atoms with E-state index >= 15 is 0 Å². The maximum Gasteiger partial charge on any atom is 0.261 e. The molecule has 0 unspecified atom stereocenters. The van der Waals surface area contributed by atoms with Gasteiger partial charge in [0.25, 0.3) is 5.91 Å². The van der Waals surface area contributed by atoms with E-state index in [-0.39, 0.29) is 42.2 Å². The topological polar surface area (TPSA) is 58.6 Å². The summed E-state index contributed by atoms with van der Waals surface area (Å²) in [5.41, 5.74) is 1.93. The number of nitrogens with one attached hydrogen (secondary N) is 1. The molecule has 0 radical (unpaired) electrons. The van der Waals surface area contributed by atoms with Crippen LogP contribution in [0.4, 0.5) is 4.39 Å². The molecule has 2 rings (SSSR count). The SMILES string of the molecule is CC[C@H](C)NC(=O)[C@H](C)N(Cc1ccc(F)cc1)C(=O)COc1ccc(C(C)(C)C)cc1. The number of ether oxygens (including phenoxy) is 1. The molecule has 0 saturated heterocycles. The molecule has 0 aliphatic rings. The lowest BCUT2D eigenvalue weighted by molar-refractivity contribution is -0.142. The summed E-state index contributed by atoms with van der Waals surface area (Å²) in [6, 6.07) is 12.9. The predicted octanol–water partition coefficient (Wildman–Crippen LogP) is 4.83. The van der Waals surface area contributed by atoms with Crippen LogP contribution in [0.3, 0.4) is 0 Å². The highest BCUT2D eigenvalue weighted by atomic mass is 19.1. The van der Waals surface area contributed by atoms with E-state index in [1.807, 2.05) is 38.1 Å². The molecule has 0 aliphatic carbocycles. The van der Waals surface area contributed by atoms with Crippen LogP contribution in [0.15, 0.2) is 48.5 Å². The molecule has 0 saturated carbocycles. The van der Waals surface area contributed by atoms with Crippen LogP contribution in [-0.4, -0.2) is 35.4 Å². The first-order valence-corrected chi connectivity index (χ1v) is 11.1. The van der Waals surface area contributed by atoms with Crippen LogP contribution >= 0.6 is 0 Å².